The summed E-state index contributed by atoms with van der Waals surface area (Å²) < 4.78 is 3.95. The molecule has 2 aromatic heterocycles. The molecule has 25 heavy (non-hydrogen) atoms. The molecular weight excluding hydrogens is 314 g/mol. The maximum atomic E-state index is 10.5. The van der Waals surface area contributed by atoms with Crippen molar-refractivity contribution >= 4 is 0 Å². The Balaban J connectivity index is 1.95. The summed E-state index contributed by atoms with van der Waals surface area (Å²) in [5, 5.41) is 20.0. The van der Waals surface area contributed by atoms with Crippen molar-refractivity contribution < 1.29 is 5.11 Å². The Morgan fingerprint density at radius 3 is 2.64 bits per heavy atom. The number of aliphatic hydroxyl groups excluding tert-OH is 1. The van der Waals surface area contributed by atoms with Gasteiger partial charge in [-0.2, -0.15) is 10.2 Å². The fourth-order valence-electron chi connectivity index (χ4n) is 3.73. The molecule has 0 saturated heterocycles. The number of aliphatic hydroxyl groups is 1. The molecule has 6 heteroatoms. The average molecular weight is 345 g/mol. The van der Waals surface area contributed by atoms with E-state index in [1.807, 2.05) is 9.36 Å². The highest BCUT2D eigenvalue weighted by Gasteiger charge is 2.29. The predicted molar refractivity (Wildman–Crippen MR) is 98.4 cm³/mol. The number of hydrogen-bond acceptors (Lipinski definition) is 4. The topological polar surface area (TPSA) is 68.8 Å². The molecule has 0 bridgehead atoms. The fraction of sp³-hybridized carbons (Fsp3) is 0.737. The fourth-order valence-corrected chi connectivity index (χ4v) is 3.73. The molecule has 0 aromatic carbocycles. The van der Waals surface area contributed by atoms with Crippen LogP contribution in [0.25, 0.3) is 11.5 Å². The van der Waals surface area contributed by atoms with Gasteiger partial charge in [-0.25, -0.2) is 9.67 Å². The Hall–Kier alpha value is -1.69. The molecule has 2 atom stereocenters. The minimum atomic E-state index is -0.341. The number of rotatable bonds is 7. The predicted octanol–water partition coefficient (Wildman–Crippen LogP) is 3.68. The lowest BCUT2D eigenvalue weighted by Crippen LogP contribution is -2.29. The Morgan fingerprint density at radius 1 is 1.16 bits per heavy atom. The summed E-state index contributed by atoms with van der Waals surface area (Å²) in [6.07, 6.45) is 8.07. The molecule has 1 aliphatic rings. The van der Waals surface area contributed by atoms with Crippen molar-refractivity contribution in [3.05, 3.63) is 17.6 Å². The standard InChI is InChI=1S/C19H31N5O/c1-4-6-7-12-18-20-19(15-13-14(3)23(5-2)21-15)24(22-18)16-10-8-9-11-17(16)25/h13,16-17,25H,4-12H2,1-3H3/t16-,17-/m1/s1. The van der Waals surface area contributed by atoms with Gasteiger partial charge in [-0.3, -0.25) is 4.68 Å². The van der Waals surface area contributed by atoms with Crippen molar-refractivity contribution in [3.63, 3.8) is 0 Å². The molecule has 1 aliphatic carbocycles. The Morgan fingerprint density at radius 2 is 1.96 bits per heavy atom. The quantitative estimate of drug-likeness (QED) is 0.777. The number of unbranched alkanes of at least 4 members (excludes halogenated alkanes) is 2. The van der Waals surface area contributed by atoms with Gasteiger partial charge in [0.1, 0.15) is 5.69 Å². The van der Waals surface area contributed by atoms with Crippen molar-refractivity contribution in [1.82, 2.24) is 24.5 Å². The first-order valence-corrected chi connectivity index (χ1v) is 9.82. The molecule has 1 saturated carbocycles. The molecule has 2 aromatic rings. The third-order valence-corrected chi connectivity index (χ3v) is 5.20. The Labute approximate surface area is 150 Å². The molecule has 0 spiro atoms. The molecule has 3 rings (SSSR count). The van der Waals surface area contributed by atoms with Crippen LogP contribution in [-0.2, 0) is 13.0 Å². The second-order valence-corrected chi connectivity index (χ2v) is 7.16. The van der Waals surface area contributed by atoms with E-state index in [4.69, 9.17) is 15.2 Å². The first-order chi connectivity index (χ1) is 12.1. The first-order valence-electron chi connectivity index (χ1n) is 9.82. The van der Waals surface area contributed by atoms with E-state index in [1.165, 1.54) is 12.8 Å². The van der Waals surface area contributed by atoms with E-state index in [9.17, 15) is 5.11 Å². The van der Waals surface area contributed by atoms with E-state index in [0.29, 0.717) is 0 Å². The minimum absolute atomic E-state index is 0.0169. The average Bonchev–Trinajstić information content (AvgIpc) is 3.19. The van der Waals surface area contributed by atoms with Gasteiger partial charge in [0.2, 0.25) is 0 Å². The van der Waals surface area contributed by atoms with Gasteiger partial charge in [-0.15, -0.1) is 0 Å². The van der Waals surface area contributed by atoms with Crippen molar-refractivity contribution in [2.75, 3.05) is 0 Å². The lowest BCUT2D eigenvalue weighted by Gasteiger charge is -2.28. The van der Waals surface area contributed by atoms with E-state index in [-0.39, 0.29) is 12.1 Å². The molecule has 1 N–H and O–H groups in total. The number of aromatic nitrogens is 5. The van der Waals surface area contributed by atoms with E-state index in [2.05, 4.69) is 26.8 Å². The SMILES string of the molecule is CCCCCc1nc(-c2cc(C)n(CC)n2)n([C@@H]2CCCC[C@H]2O)n1. The molecule has 6 nitrogen and oxygen atoms in total. The maximum absolute atomic E-state index is 10.5. The highest BCUT2D eigenvalue weighted by Crippen LogP contribution is 2.32. The molecule has 1 fully saturated rings. The second kappa shape index (κ2) is 8.13. The van der Waals surface area contributed by atoms with Gasteiger partial charge in [0.15, 0.2) is 11.6 Å². The van der Waals surface area contributed by atoms with Crippen LogP contribution in [0.2, 0.25) is 0 Å². The van der Waals surface area contributed by atoms with Crippen LogP contribution in [0.1, 0.15) is 76.4 Å². The van der Waals surface area contributed by atoms with Gasteiger partial charge >= 0.3 is 0 Å². The molecule has 0 amide bonds. The zero-order valence-electron chi connectivity index (χ0n) is 15.8. The Bertz CT molecular complexity index is 690. The summed E-state index contributed by atoms with van der Waals surface area (Å²) in [4.78, 5) is 4.82. The van der Waals surface area contributed by atoms with Gasteiger partial charge in [-0.05, 0) is 39.2 Å². The normalized spacial score (nSPS) is 21.0. The highest BCUT2D eigenvalue weighted by molar-refractivity contribution is 5.50. The molecular formula is C19H31N5O. The lowest BCUT2D eigenvalue weighted by atomic mass is 9.92. The van der Waals surface area contributed by atoms with Crippen LogP contribution in [-0.4, -0.2) is 35.8 Å². The van der Waals surface area contributed by atoms with Gasteiger partial charge in [0.25, 0.3) is 0 Å². The van der Waals surface area contributed by atoms with Gasteiger partial charge in [0, 0.05) is 18.7 Å². The summed E-state index contributed by atoms with van der Waals surface area (Å²) >= 11 is 0. The molecule has 138 valence electrons. The zero-order chi connectivity index (χ0) is 17.8. The molecule has 0 aliphatic heterocycles. The third kappa shape index (κ3) is 3.94. The smallest absolute Gasteiger partial charge is 0.179 e. The van der Waals surface area contributed by atoms with Crippen LogP contribution in [0.3, 0.4) is 0 Å². The van der Waals surface area contributed by atoms with Crippen LogP contribution in [0.4, 0.5) is 0 Å². The zero-order valence-corrected chi connectivity index (χ0v) is 15.8. The van der Waals surface area contributed by atoms with Gasteiger partial charge < -0.3 is 5.11 Å². The van der Waals surface area contributed by atoms with Crippen LogP contribution in [0, 0.1) is 6.92 Å². The van der Waals surface area contributed by atoms with E-state index in [0.717, 1.165) is 68.1 Å². The van der Waals surface area contributed by atoms with Crippen molar-refractivity contribution in [2.24, 2.45) is 0 Å². The molecule has 2 heterocycles. The maximum Gasteiger partial charge on any atom is 0.179 e. The van der Waals surface area contributed by atoms with Crippen molar-refractivity contribution in [2.45, 2.75) is 90.8 Å². The summed E-state index contributed by atoms with van der Waals surface area (Å²) in [5.41, 5.74) is 2.00. The summed E-state index contributed by atoms with van der Waals surface area (Å²) in [6.45, 7) is 7.21. The van der Waals surface area contributed by atoms with Crippen LogP contribution < -0.4 is 0 Å². The minimum Gasteiger partial charge on any atom is -0.391 e. The van der Waals surface area contributed by atoms with E-state index < -0.39 is 0 Å². The van der Waals surface area contributed by atoms with E-state index in [1.54, 1.807) is 0 Å². The Kier molecular flexibility index (Phi) is 5.89. The molecule has 0 radical (unpaired) electrons. The summed E-state index contributed by atoms with van der Waals surface area (Å²) in [7, 11) is 0. The monoisotopic (exact) mass is 345 g/mol. The molecule has 0 unspecified atom stereocenters. The highest BCUT2D eigenvalue weighted by atomic mass is 16.3. The lowest BCUT2D eigenvalue weighted by molar-refractivity contribution is 0.0699. The third-order valence-electron chi connectivity index (χ3n) is 5.20. The number of hydrogen-bond donors (Lipinski definition) is 1. The van der Waals surface area contributed by atoms with Crippen LogP contribution in [0.15, 0.2) is 6.07 Å². The number of nitrogens with zero attached hydrogens (tertiary/aromatic N) is 5. The van der Waals surface area contributed by atoms with Gasteiger partial charge in [-0.1, -0.05) is 32.6 Å². The number of aryl methyl sites for hydroxylation is 3. The summed E-state index contributed by atoms with van der Waals surface area (Å²) in [5.74, 6) is 1.69. The van der Waals surface area contributed by atoms with Crippen LogP contribution in [0.5, 0.6) is 0 Å². The van der Waals surface area contributed by atoms with Crippen molar-refractivity contribution in [3.8, 4) is 11.5 Å². The van der Waals surface area contributed by atoms with Gasteiger partial charge in [0.05, 0.1) is 12.1 Å². The van der Waals surface area contributed by atoms with Crippen molar-refractivity contribution in [1.29, 1.82) is 0 Å². The van der Waals surface area contributed by atoms with Crippen LogP contribution >= 0.6 is 0 Å². The second-order valence-electron chi connectivity index (χ2n) is 7.16. The van der Waals surface area contributed by atoms with E-state index >= 15 is 0 Å². The largest absolute Gasteiger partial charge is 0.391 e. The summed E-state index contributed by atoms with van der Waals surface area (Å²) in [6, 6.07) is 2.10. The first kappa shape index (κ1) is 18.1.